The van der Waals surface area contributed by atoms with Crippen molar-refractivity contribution in [3.05, 3.63) is 111 Å². The van der Waals surface area contributed by atoms with Crippen LogP contribution < -0.4 is 16.6 Å². The molecule has 5 rings (SSSR count). The highest BCUT2D eigenvalue weighted by atomic mass is 35.5. The van der Waals surface area contributed by atoms with Crippen LogP contribution in [0.15, 0.2) is 88.2 Å². The van der Waals surface area contributed by atoms with E-state index in [4.69, 9.17) is 26.5 Å². The molecule has 1 atom stereocenters. The smallest absolute Gasteiger partial charge is 0.338 e. The lowest BCUT2D eigenvalue weighted by atomic mass is 10.0. The van der Waals surface area contributed by atoms with Gasteiger partial charge in [-0.25, -0.2) is 14.8 Å². The Hall–Kier alpha value is -5.29. The van der Waals surface area contributed by atoms with Gasteiger partial charge in [-0.1, -0.05) is 54.1 Å². The fourth-order valence-electron chi connectivity index (χ4n) is 4.48. The van der Waals surface area contributed by atoms with E-state index >= 15 is 0 Å². The maximum Gasteiger partial charge on any atom is 0.338 e. The van der Waals surface area contributed by atoms with Crippen LogP contribution in [-0.2, 0) is 22.5 Å². The molecule has 1 unspecified atom stereocenters. The second-order valence-electron chi connectivity index (χ2n) is 9.53. The lowest BCUT2D eigenvalue weighted by Crippen LogP contribution is -2.45. The number of ether oxygens (including phenoxy) is 1. The first-order chi connectivity index (χ1) is 20.7. The van der Waals surface area contributed by atoms with Gasteiger partial charge in [0.25, 0.3) is 11.4 Å². The average molecular weight is 600 g/mol. The molecule has 0 aliphatic carbocycles. The number of amides is 1. The Morgan fingerprint density at radius 1 is 1.07 bits per heavy atom. The lowest BCUT2D eigenvalue weighted by molar-refractivity contribution is -0.122. The summed E-state index contributed by atoms with van der Waals surface area (Å²) in [6.45, 7) is 1.43. The Morgan fingerprint density at radius 3 is 2.60 bits per heavy atom. The monoisotopic (exact) mass is 599 g/mol. The summed E-state index contributed by atoms with van der Waals surface area (Å²) in [4.78, 5) is 60.8. The number of oxazole rings is 1. The fourth-order valence-corrected chi connectivity index (χ4v) is 4.67. The quantitative estimate of drug-likeness (QED) is 0.178. The summed E-state index contributed by atoms with van der Waals surface area (Å²) in [5.41, 5.74) is 7.14. The van der Waals surface area contributed by atoms with E-state index in [9.17, 15) is 19.2 Å². The van der Waals surface area contributed by atoms with Gasteiger partial charge in [-0.3, -0.25) is 19.0 Å². The highest BCUT2D eigenvalue weighted by Gasteiger charge is 2.28. The van der Waals surface area contributed by atoms with Crippen LogP contribution in [0.5, 0.6) is 0 Å². The number of carbonyl (C=O) groups is 3. The summed E-state index contributed by atoms with van der Waals surface area (Å²) in [6.07, 6.45) is 1.33. The molecule has 0 aliphatic rings. The number of nitrogens with zero attached hydrogens (tertiary/aromatic N) is 3. The van der Waals surface area contributed by atoms with E-state index in [-0.39, 0.29) is 47.1 Å². The van der Waals surface area contributed by atoms with Crippen LogP contribution >= 0.6 is 11.6 Å². The number of Topliss-reactive ketones (excluding diaryl/α,β-unsaturated/α-hetero) is 1. The molecular weight excluding hydrogens is 574 g/mol. The molecule has 5 aromatic rings. The predicted octanol–water partition coefficient (Wildman–Crippen LogP) is 4.07. The lowest BCUT2D eigenvalue weighted by Gasteiger charge is -2.18. The Morgan fingerprint density at radius 2 is 1.86 bits per heavy atom. The minimum atomic E-state index is -1.10. The van der Waals surface area contributed by atoms with Crippen molar-refractivity contribution >= 4 is 46.0 Å². The van der Waals surface area contributed by atoms with Gasteiger partial charge in [-0.05, 0) is 42.8 Å². The number of fused-ring (bicyclic) bond motifs is 1. The first kappa shape index (κ1) is 29.2. The van der Waals surface area contributed by atoms with E-state index in [0.29, 0.717) is 10.6 Å². The third-order valence-corrected chi connectivity index (χ3v) is 6.74. The zero-order valence-electron chi connectivity index (χ0n) is 23.0. The molecule has 0 radical (unpaired) electrons. The molecule has 0 aliphatic heterocycles. The molecule has 3 aromatic carbocycles. The maximum atomic E-state index is 13.7. The molecule has 218 valence electrons. The van der Waals surface area contributed by atoms with Gasteiger partial charge in [0.2, 0.25) is 11.7 Å². The molecule has 43 heavy (non-hydrogen) atoms. The highest BCUT2D eigenvalue weighted by Crippen LogP contribution is 2.22. The predicted molar refractivity (Wildman–Crippen MR) is 160 cm³/mol. The molecule has 2 aromatic heterocycles. The molecule has 1 amide bonds. The van der Waals surface area contributed by atoms with Crippen LogP contribution in [0, 0.1) is 0 Å². The number of aromatic nitrogens is 3. The van der Waals surface area contributed by atoms with Crippen LogP contribution in [0.2, 0.25) is 5.02 Å². The molecule has 2 heterocycles. The molecule has 12 heteroatoms. The van der Waals surface area contributed by atoms with Gasteiger partial charge in [-0.2, -0.15) is 0 Å². The molecular formula is C31H26ClN5O6. The van der Waals surface area contributed by atoms with Gasteiger partial charge in [0.15, 0.2) is 5.58 Å². The summed E-state index contributed by atoms with van der Waals surface area (Å²) in [6, 6.07) is 19.1. The van der Waals surface area contributed by atoms with Gasteiger partial charge in [-0.15, -0.1) is 0 Å². The number of hydrogen-bond donors (Lipinski definition) is 2. The number of ketones is 1. The minimum Gasteiger partial charge on any atom is -0.462 e. The number of benzene rings is 3. The molecule has 0 saturated heterocycles. The van der Waals surface area contributed by atoms with Crippen LogP contribution in [0.3, 0.4) is 0 Å². The number of nitrogens with two attached hydrogens (primary N) is 1. The Bertz CT molecular complexity index is 1890. The molecule has 0 bridgehead atoms. The van der Waals surface area contributed by atoms with Gasteiger partial charge in [0.1, 0.15) is 29.6 Å². The number of halogens is 1. The summed E-state index contributed by atoms with van der Waals surface area (Å²) < 4.78 is 11.9. The number of esters is 1. The van der Waals surface area contributed by atoms with Crippen molar-refractivity contribution in [2.75, 3.05) is 12.3 Å². The first-order valence-corrected chi connectivity index (χ1v) is 13.7. The van der Waals surface area contributed by atoms with Gasteiger partial charge < -0.3 is 20.2 Å². The first-order valence-electron chi connectivity index (χ1n) is 13.3. The second kappa shape index (κ2) is 12.7. The topological polar surface area (TPSA) is 159 Å². The van der Waals surface area contributed by atoms with Crippen molar-refractivity contribution < 1.29 is 23.5 Å². The largest absolute Gasteiger partial charge is 0.462 e. The number of nitrogens with one attached hydrogen (secondary N) is 1. The third kappa shape index (κ3) is 6.62. The van der Waals surface area contributed by atoms with Crippen LogP contribution in [0.1, 0.15) is 33.5 Å². The fraction of sp³-hybridized carbons (Fsp3) is 0.161. The average Bonchev–Trinajstić information content (AvgIpc) is 3.43. The van der Waals surface area contributed by atoms with Gasteiger partial charge >= 0.3 is 5.97 Å². The molecule has 0 saturated carbocycles. The van der Waals surface area contributed by atoms with Gasteiger partial charge in [0.05, 0.1) is 18.4 Å². The maximum absolute atomic E-state index is 13.7. The summed E-state index contributed by atoms with van der Waals surface area (Å²) >= 11 is 6.14. The SMILES string of the molecule is CCOC(=O)c1ccc2oc(C(=O)C(Cc3ccccc3)NC(=O)Cn3c(-c4cccc(Cl)c4)ncc(N)c3=O)nc2c1. The van der Waals surface area contributed by atoms with Crippen molar-refractivity contribution in [2.24, 2.45) is 0 Å². The van der Waals surface area contributed by atoms with E-state index in [2.05, 4.69) is 15.3 Å². The number of anilines is 1. The highest BCUT2D eigenvalue weighted by molar-refractivity contribution is 6.30. The van der Waals surface area contributed by atoms with Crippen LogP contribution in [0.25, 0.3) is 22.5 Å². The zero-order chi connectivity index (χ0) is 30.5. The van der Waals surface area contributed by atoms with Crippen molar-refractivity contribution in [1.29, 1.82) is 0 Å². The number of hydrogen-bond acceptors (Lipinski definition) is 9. The Balaban J connectivity index is 1.45. The van der Waals surface area contributed by atoms with Crippen LogP contribution in [-0.4, -0.2) is 44.8 Å². The van der Waals surface area contributed by atoms with E-state index in [1.54, 1.807) is 31.2 Å². The number of rotatable bonds is 10. The number of nitrogen functional groups attached to an aromatic ring is 1. The van der Waals surface area contributed by atoms with Crippen molar-refractivity contribution in [2.45, 2.75) is 25.9 Å². The van der Waals surface area contributed by atoms with Crippen molar-refractivity contribution in [3.8, 4) is 11.4 Å². The van der Waals surface area contributed by atoms with E-state index in [1.165, 1.54) is 24.4 Å². The van der Waals surface area contributed by atoms with Crippen molar-refractivity contribution in [1.82, 2.24) is 19.9 Å². The van der Waals surface area contributed by atoms with Gasteiger partial charge in [0, 0.05) is 17.0 Å². The minimum absolute atomic E-state index is 0.115. The molecule has 0 fully saturated rings. The molecule has 3 N–H and O–H groups in total. The summed E-state index contributed by atoms with van der Waals surface area (Å²) in [7, 11) is 0. The molecule has 11 nitrogen and oxygen atoms in total. The second-order valence-corrected chi connectivity index (χ2v) is 9.97. The standard InChI is InChI=1S/C31H26ClN5O6/c1-2-42-31(41)20-11-12-25-23(15-20)36-29(43-25)27(39)24(13-18-7-4-3-5-8-18)35-26(38)17-37-28(34-16-22(33)30(37)40)19-9-6-10-21(32)14-19/h3-12,14-16,24H,2,13,17,33H2,1H3,(H,35,38). The summed E-state index contributed by atoms with van der Waals surface area (Å²) in [5, 5.41) is 3.14. The summed E-state index contributed by atoms with van der Waals surface area (Å²) in [5.74, 6) is -1.84. The Labute approximate surface area is 250 Å². The van der Waals surface area contributed by atoms with E-state index in [1.807, 2.05) is 30.3 Å². The number of carbonyl (C=O) groups excluding carboxylic acids is 3. The zero-order valence-corrected chi connectivity index (χ0v) is 23.7. The van der Waals surface area contributed by atoms with Crippen molar-refractivity contribution in [3.63, 3.8) is 0 Å². The van der Waals surface area contributed by atoms with E-state index < -0.39 is 35.8 Å². The molecule has 0 spiro atoms. The van der Waals surface area contributed by atoms with Crippen LogP contribution in [0.4, 0.5) is 5.69 Å². The van der Waals surface area contributed by atoms with E-state index in [0.717, 1.165) is 10.1 Å². The normalized spacial score (nSPS) is 11.7. The third-order valence-electron chi connectivity index (χ3n) is 6.50. The Kier molecular flexibility index (Phi) is 8.63.